The van der Waals surface area contributed by atoms with Gasteiger partial charge in [-0.3, -0.25) is 0 Å². The summed E-state index contributed by atoms with van der Waals surface area (Å²) >= 11 is 0. The van der Waals surface area contributed by atoms with Gasteiger partial charge in [-0.15, -0.1) is 0 Å². The Morgan fingerprint density at radius 1 is 0.215 bits per heavy atom. The van der Waals surface area contributed by atoms with Crippen LogP contribution in [0.15, 0.2) is 122 Å². The molecule has 20 heteroatoms. The van der Waals surface area contributed by atoms with E-state index in [-0.39, 0.29) is 96.8 Å². The van der Waals surface area contributed by atoms with E-state index >= 15 is 0 Å². The molecule has 0 radical (unpaired) electrons. The van der Waals surface area contributed by atoms with Crippen LogP contribution in [0.25, 0.3) is 0 Å². The van der Waals surface area contributed by atoms with Crippen LogP contribution in [0.4, 0.5) is 0 Å². The molecule has 0 N–H and O–H groups in total. The van der Waals surface area contributed by atoms with Crippen molar-refractivity contribution < 1.29 is 95.3 Å². The Morgan fingerprint density at radius 3 is 0.304 bits per heavy atom. The average Bonchev–Trinajstić information content (AvgIpc) is 3.33. The van der Waals surface area contributed by atoms with Gasteiger partial charge in [0.1, 0.15) is 0 Å². The van der Waals surface area contributed by atoms with Gasteiger partial charge < -0.3 is 47.4 Å². The standard InChI is InChI=1S/4C6H10O2.6C5H8O2.5CH4/c4*1-4-8-6(7)5(2)3;6*1-4(2)5(6)7-3;;;;;/h4*2,4H2,1,3H3;6*1H2,2-3H3;5*1H4. The average molecular weight is 1140 g/mol. The molecule has 0 atom stereocenters. The van der Waals surface area contributed by atoms with Gasteiger partial charge in [0.2, 0.25) is 0 Å². The molecular weight excluding hydrogens is 1030 g/mol. The van der Waals surface area contributed by atoms with E-state index in [1.54, 1.807) is 96.9 Å². The quantitative estimate of drug-likeness (QED) is 0.0888. The third kappa shape index (κ3) is 103. The highest BCUT2D eigenvalue weighted by Crippen LogP contribution is 1.94. The van der Waals surface area contributed by atoms with Gasteiger partial charge in [-0.1, -0.05) is 103 Å². The first-order valence-electron chi connectivity index (χ1n) is 21.6. The van der Waals surface area contributed by atoms with Gasteiger partial charge in [0, 0.05) is 55.7 Å². The van der Waals surface area contributed by atoms with Crippen molar-refractivity contribution in [2.75, 3.05) is 69.1 Å². The highest BCUT2D eigenvalue weighted by Gasteiger charge is 2.02. The number of carbonyl (C=O) groups excluding carboxylic acids is 10. The zero-order valence-corrected chi connectivity index (χ0v) is 48.1. The molecule has 0 bridgehead atoms. The molecule has 0 aliphatic rings. The van der Waals surface area contributed by atoms with E-state index in [9.17, 15) is 47.9 Å². The molecule has 0 rings (SSSR count). The number of carbonyl (C=O) groups is 10. The van der Waals surface area contributed by atoms with Crippen molar-refractivity contribution in [1.29, 1.82) is 0 Å². The molecule has 0 aromatic heterocycles. The second kappa shape index (κ2) is 76.6. The molecule has 464 valence electrons. The Balaban J connectivity index is -0.0000000440. The molecule has 0 amide bonds. The fraction of sp³-hybridized carbons (Fsp3) is 0.492. The zero-order valence-electron chi connectivity index (χ0n) is 48.1. The summed E-state index contributed by atoms with van der Waals surface area (Å²) in [4.78, 5) is 103. The van der Waals surface area contributed by atoms with Gasteiger partial charge in [-0.05, 0) is 96.9 Å². The summed E-state index contributed by atoms with van der Waals surface area (Å²) in [6.45, 7) is 58.6. The number of ether oxygens (including phenoxy) is 10. The van der Waals surface area contributed by atoms with Gasteiger partial charge in [-0.2, -0.15) is 0 Å². The molecule has 0 spiro atoms. The first-order valence-corrected chi connectivity index (χ1v) is 21.6. The van der Waals surface area contributed by atoms with E-state index in [0.29, 0.717) is 82.2 Å². The van der Waals surface area contributed by atoms with Crippen molar-refractivity contribution in [2.24, 2.45) is 0 Å². The lowest BCUT2D eigenvalue weighted by Crippen LogP contribution is -2.03. The number of hydrogen-bond donors (Lipinski definition) is 0. The predicted octanol–water partition coefficient (Wildman–Crippen LogP) is 12.1. The van der Waals surface area contributed by atoms with E-state index in [1.807, 2.05) is 0 Å². The number of rotatable bonds is 14. The molecule has 0 heterocycles. The second-order valence-electron chi connectivity index (χ2n) is 13.6. The molecule has 0 aromatic carbocycles. The summed E-state index contributed by atoms with van der Waals surface area (Å²) < 4.78 is 43.9. The normalized spacial score (nSPS) is 7.44. The number of methoxy groups -OCH3 is 6. The maximum atomic E-state index is 10.4. The van der Waals surface area contributed by atoms with Crippen molar-refractivity contribution >= 4 is 59.7 Å². The maximum absolute atomic E-state index is 10.4. The summed E-state index contributed by atoms with van der Waals surface area (Å²) in [5.74, 6) is -3.33. The van der Waals surface area contributed by atoms with E-state index in [0.717, 1.165) is 0 Å². The van der Waals surface area contributed by atoms with Crippen molar-refractivity contribution in [2.45, 2.75) is 134 Å². The SMILES string of the molecule is C.C.C.C.C.C=C(C)C(=O)OC.C=C(C)C(=O)OC.C=C(C)C(=O)OC.C=C(C)C(=O)OC.C=C(C)C(=O)OC.C=C(C)C(=O)OC.C=C(C)C(=O)OCC.C=C(C)C(=O)OCC.C=C(C)C(=O)OCC.C=C(C)C(=O)OCC. The van der Waals surface area contributed by atoms with Crippen LogP contribution < -0.4 is 0 Å². The Morgan fingerprint density at radius 2 is 0.291 bits per heavy atom. The van der Waals surface area contributed by atoms with Crippen LogP contribution >= 0.6 is 0 Å². The largest absolute Gasteiger partial charge is 0.466 e. The molecular formula is C59H108O20. The lowest BCUT2D eigenvalue weighted by molar-refractivity contribution is -0.139. The van der Waals surface area contributed by atoms with E-state index < -0.39 is 0 Å². The fourth-order valence-electron chi connectivity index (χ4n) is 2.06. The molecule has 0 fully saturated rings. The summed E-state index contributed by atoms with van der Waals surface area (Å²) in [6.07, 6.45) is 0. The summed E-state index contributed by atoms with van der Waals surface area (Å²) in [6, 6.07) is 0. The van der Waals surface area contributed by atoms with Crippen LogP contribution in [-0.4, -0.2) is 129 Å². The minimum absolute atomic E-state index is 0. The minimum Gasteiger partial charge on any atom is -0.466 e. The molecule has 0 unspecified atom stereocenters. The summed E-state index contributed by atoms with van der Waals surface area (Å²) in [7, 11) is 7.98. The predicted molar refractivity (Wildman–Crippen MR) is 320 cm³/mol. The highest BCUT2D eigenvalue weighted by molar-refractivity contribution is 5.90. The van der Waals surface area contributed by atoms with Crippen molar-refractivity contribution in [1.82, 2.24) is 0 Å². The first kappa shape index (κ1) is 111. The van der Waals surface area contributed by atoms with E-state index in [1.165, 1.54) is 42.7 Å². The molecule has 79 heavy (non-hydrogen) atoms. The van der Waals surface area contributed by atoms with Crippen molar-refractivity contribution in [3.05, 3.63) is 122 Å². The van der Waals surface area contributed by atoms with Gasteiger partial charge in [0.15, 0.2) is 0 Å². The smallest absolute Gasteiger partial charge is 0.333 e. The van der Waals surface area contributed by atoms with Crippen LogP contribution in [0, 0.1) is 0 Å². The first-order chi connectivity index (χ1) is 33.8. The number of esters is 10. The summed E-state index contributed by atoms with van der Waals surface area (Å²) in [5.41, 5.74) is 4.40. The monoisotopic (exact) mass is 1140 g/mol. The van der Waals surface area contributed by atoms with Gasteiger partial charge in [0.05, 0.1) is 69.1 Å². The van der Waals surface area contributed by atoms with Crippen LogP contribution in [0.1, 0.15) is 134 Å². The Hall–Kier alpha value is -7.90. The van der Waals surface area contributed by atoms with Crippen LogP contribution in [0.2, 0.25) is 0 Å². The Bertz CT molecular complexity index is 1560. The lowest BCUT2D eigenvalue weighted by atomic mass is 10.4. The van der Waals surface area contributed by atoms with Crippen LogP contribution in [-0.2, 0) is 95.3 Å². The lowest BCUT2D eigenvalue weighted by Gasteiger charge is -1.96. The van der Waals surface area contributed by atoms with E-state index in [2.05, 4.69) is 113 Å². The highest BCUT2D eigenvalue weighted by atomic mass is 16.6. The molecule has 20 nitrogen and oxygen atoms in total. The molecule has 0 aliphatic heterocycles. The van der Waals surface area contributed by atoms with E-state index in [4.69, 9.17) is 0 Å². The van der Waals surface area contributed by atoms with Crippen molar-refractivity contribution in [3.8, 4) is 0 Å². The van der Waals surface area contributed by atoms with Crippen molar-refractivity contribution in [3.63, 3.8) is 0 Å². The zero-order chi connectivity index (χ0) is 61.4. The second-order valence-corrected chi connectivity index (χ2v) is 13.6. The molecule has 0 aliphatic carbocycles. The molecule has 0 saturated heterocycles. The Kier molecular flexibility index (Phi) is 108. The summed E-state index contributed by atoms with van der Waals surface area (Å²) in [5, 5.41) is 0. The van der Waals surface area contributed by atoms with Gasteiger partial charge in [-0.25, -0.2) is 47.9 Å². The topological polar surface area (TPSA) is 263 Å². The number of hydrogen-bond acceptors (Lipinski definition) is 20. The minimum atomic E-state index is -0.347. The molecule has 0 aromatic rings. The third-order valence-corrected chi connectivity index (χ3v) is 5.70. The maximum Gasteiger partial charge on any atom is 0.333 e. The van der Waals surface area contributed by atoms with Gasteiger partial charge in [0.25, 0.3) is 0 Å². The molecule has 0 saturated carbocycles. The van der Waals surface area contributed by atoms with Crippen LogP contribution in [0.3, 0.4) is 0 Å². The Labute approximate surface area is 478 Å². The van der Waals surface area contributed by atoms with Gasteiger partial charge >= 0.3 is 59.7 Å². The van der Waals surface area contributed by atoms with Crippen LogP contribution in [0.5, 0.6) is 0 Å². The third-order valence-electron chi connectivity index (χ3n) is 5.70. The fourth-order valence-corrected chi connectivity index (χ4v) is 2.06.